The summed E-state index contributed by atoms with van der Waals surface area (Å²) in [5.74, 6) is 2.12. The summed E-state index contributed by atoms with van der Waals surface area (Å²) in [5, 5.41) is 2.71. The van der Waals surface area contributed by atoms with Gasteiger partial charge in [0.15, 0.2) is 0 Å². The minimum atomic E-state index is 0.282. The highest BCUT2D eigenvalue weighted by Gasteiger charge is 2.32. The average molecular weight is 322 g/mol. The van der Waals surface area contributed by atoms with Crippen molar-refractivity contribution in [3.05, 3.63) is 38.9 Å². The summed E-state index contributed by atoms with van der Waals surface area (Å²) in [4.78, 5) is 13.0. The highest BCUT2D eigenvalue weighted by atomic mass is 35.5. The van der Waals surface area contributed by atoms with Crippen molar-refractivity contribution in [1.29, 1.82) is 0 Å². The van der Waals surface area contributed by atoms with Gasteiger partial charge >= 0.3 is 0 Å². The summed E-state index contributed by atoms with van der Waals surface area (Å²) in [6.45, 7) is 7.14. The van der Waals surface area contributed by atoms with Gasteiger partial charge in [0.1, 0.15) is 16.8 Å². The molecule has 0 amide bonds. The number of nitrogens with zero attached hydrogens (tertiary/aromatic N) is 3. The molecule has 5 heteroatoms. The predicted molar refractivity (Wildman–Crippen MR) is 89.4 cm³/mol. The fourth-order valence-corrected chi connectivity index (χ4v) is 3.24. The zero-order chi connectivity index (χ0) is 15.0. The molecule has 2 heterocycles. The van der Waals surface area contributed by atoms with Crippen molar-refractivity contribution in [2.75, 3.05) is 4.90 Å². The van der Waals surface area contributed by atoms with Crippen LogP contribution in [0.1, 0.15) is 48.9 Å². The number of thiophene rings is 1. The third kappa shape index (κ3) is 3.22. The second-order valence-electron chi connectivity index (χ2n) is 5.91. The van der Waals surface area contributed by atoms with E-state index in [1.807, 2.05) is 6.92 Å². The first-order valence-electron chi connectivity index (χ1n) is 7.39. The van der Waals surface area contributed by atoms with Crippen LogP contribution in [0, 0.1) is 6.92 Å². The first kappa shape index (κ1) is 14.8. The first-order valence-corrected chi connectivity index (χ1v) is 8.65. The smallest absolute Gasteiger partial charge is 0.137 e. The molecule has 0 N–H and O–H groups in total. The minimum absolute atomic E-state index is 0.282. The summed E-state index contributed by atoms with van der Waals surface area (Å²) >= 11 is 8.13. The fourth-order valence-electron chi connectivity index (χ4n) is 2.37. The Morgan fingerprint density at radius 1 is 1.38 bits per heavy atom. The molecular formula is C16H20ClN3S. The van der Waals surface area contributed by atoms with E-state index < -0.39 is 0 Å². The monoisotopic (exact) mass is 321 g/mol. The molecule has 0 aromatic carbocycles. The third-order valence-electron chi connectivity index (χ3n) is 3.76. The van der Waals surface area contributed by atoms with Crippen LogP contribution in [0.3, 0.4) is 0 Å². The molecule has 1 saturated carbocycles. The van der Waals surface area contributed by atoms with Gasteiger partial charge in [-0.3, -0.25) is 0 Å². The molecule has 3 nitrogen and oxygen atoms in total. The summed E-state index contributed by atoms with van der Waals surface area (Å²) in [6.07, 6.45) is 2.48. The van der Waals surface area contributed by atoms with Gasteiger partial charge in [-0.2, -0.15) is 0 Å². The highest BCUT2D eigenvalue weighted by molar-refractivity contribution is 7.09. The molecule has 1 fully saturated rings. The second-order valence-corrected chi connectivity index (χ2v) is 7.30. The molecule has 112 valence electrons. The maximum Gasteiger partial charge on any atom is 0.137 e. The van der Waals surface area contributed by atoms with Crippen molar-refractivity contribution in [2.24, 2.45) is 0 Å². The Morgan fingerprint density at radius 2 is 2.14 bits per heavy atom. The van der Waals surface area contributed by atoms with Crippen LogP contribution in [0.15, 0.2) is 17.5 Å². The Labute approximate surface area is 135 Å². The molecule has 1 aliphatic carbocycles. The summed E-state index contributed by atoms with van der Waals surface area (Å²) in [5.41, 5.74) is 0.990. The van der Waals surface area contributed by atoms with Gasteiger partial charge < -0.3 is 4.90 Å². The van der Waals surface area contributed by atoms with Crippen LogP contribution in [0.5, 0.6) is 0 Å². The van der Waals surface area contributed by atoms with E-state index in [-0.39, 0.29) is 5.92 Å². The summed E-state index contributed by atoms with van der Waals surface area (Å²) in [6, 6.07) is 4.88. The molecule has 0 atom stereocenters. The van der Waals surface area contributed by atoms with Gasteiger partial charge in [-0.15, -0.1) is 11.3 Å². The van der Waals surface area contributed by atoms with Crippen LogP contribution >= 0.6 is 22.9 Å². The van der Waals surface area contributed by atoms with E-state index >= 15 is 0 Å². The predicted octanol–water partition coefficient (Wildman–Crippen LogP) is 4.79. The Hall–Kier alpha value is -1.13. The number of hydrogen-bond acceptors (Lipinski definition) is 4. The normalized spacial score (nSPS) is 14.7. The molecule has 0 bridgehead atoms. The van der Waals surface area contributed by atoms with E-state index in [4.69, 9.17) is 16.6 Å². The molecule has 21 heavy (non-hydrogen) atoms. The molecule has 2 aromatic rings. The topological polar surface area (TPSA) is 29.0 Å². The maximum atomic E-state index is 6.34. The van der Waals surface area contributed by atoms with Gasteiger partial charge in [0.25, 0.3) is 0 Å². The van der Waals surface area contributed by atoms with E-state index in [0.717, 1.165) is 23.8 Å². The Balaban J connectivity index is 1.98. The van der Waals surface area contributed by atoms with Crippen molar-refractivity contribution in [3.63, 3.8) is 0 Å². The number of aromatic nitrogens is 2. The van der Waals surface area contributed by atoms with Gasteiger partial charge in [-0.1, -0.05) is 31.5 Å². The van der Waals surface area contributed by atoms with Gasteiger partial charge in [0.2, 0.25) is 0 Å². The number of hydrogen-bond donors (Lipinski definition) is 0. The molecule has 3 rings (SSSR count). The maximum absolute atomic E-state index is 6.34. The fraction of sp³-hybridized carbons (Fsp3) is 0.500. The molecule has 0 spiro atoms. The molecule has 0 saturated heterocycles. The van der Waals surface area contributed by atoms with Gasteiger partial charge in [-0.25, -0.2) is 9.97 Å². The van der Waals surface area contributed by atoms with E-state index in [1.165, 1.54) is 17.7 Å². The Kier molecular flexibility index (Phi) is 4.18. The van der Waals surface area contributed by atoms with E-state index in [1.54, 1.807) is 11.3 Å². The van der Waals surface area contributed by atoms with Gasteiger partial charge in [0.05, 0.1) is 6.54 Å². The van der Waals surface area contributed by atoms with Crippen LogP contribution in [0.2, 0.25) is 5.15 Å². The lowest BCUT2D eigenvalue weighted by Crippen LogP contribution is -2.27. The lowest BCUT2D eigenvalue weighted by molar-refractivity contribution is 0.732. The van der Waals surface area contributed by atoms with Crippen molar-refractivity contribution in [2.45, 2.75) is 52.1 Å². The van der Waals surface area contributed by atoms with Crippen LogP contribution in [0.25, 0.3) is 0 Å². The van der Waals surface area contributed by atoms with Crippen LogP contribution in [-0.2, 0) is 6.54 Å². The van der Waals surface area contributed by atoms with Crippen molar-refractivity contribution in [3.8, 4) is 0 Å². The molecule has 0 radical (unpaired) electrons. The van der Waals surface area contributed by atoms with Crippen molar-refractivity contribution in [1.82, 2.24) is 9.97 Å². The Bertz CT molecular complexity index is 621. The first-order chi connectivity index (χ1) is 10.1. The molecule has 0 aliphatic heterocycles. The van der Waals surface area contributed by atoms with Crippen LogP contribution in [-0.4, -0.2) is 16.0 Å². The van der Waals surface area contributed by atoms with Crippen LogP contribution in [0.4, 0.5) is 5.82 Å². The Morgan fingerprint density at radius 3 is 2.71 bits per heavy atom. The van der Waals surface area contributed by atoms with E-state index in [2.05, 4.69) is 41.2 Å². The zero-order valence-corrected chi connectivity index (χ0v) is 14.2. The quantitative estimate of drug-likeness (QED) is 0.741. The van der Waals surface area contributed by atoms with Gasteiger partial charge in [-0.05, 0) is 31.2 Å². The lowest BCUT2D eigenvalue weighted by atomic mass is 10.2. The SMILES string of the molecule is Cc1c(Cl)nc(C(C)C)nc1N(Cc1cccs1)C1CC1. The molecule has 1 aliphatic rings. The largest absolute Gasteiger partial charge is 0.348 e. The summed E-state index contributed by atoms with van der Waals surface area (Å²) in [7, 11) is 0. The average Bonchev–Trinajstić information content (AvgIpc) is 3.16. The number of rotatable bonds is 5. The lowest BCUT2D eigenvalue weighted by Gasteiger charge is -2.25. The highest BCUT2D eigenvalue weighted by Crippen LogP contribution is 2.36. The zero-order valence-electron chi connectivity index (χ0n) is 12.6. The molecule has 2 aromatic heterocycles. The third-order valence-corrected chi connectivity index (χ3v) is 4.99. The molecular weight excluding hydrogens is 302 g/mol. The van der Waals surface area contributed by atoms with E-state index in [9.17, 15) is 0 Å². The van der Waals surface area contributed by atoms with Crippen molar-refractivity contribution < 1.29 is 0 Å². The standard InChI is InChI=1S/C16H20ClN3S/c1-10(2)15-18-14(17)11(3)16(19-15)20(12-6-7-12)9-13-5-4-8-21-13/h4-5,8,10,12H,6-7,9H2,1-3H3. The number of anilines is 1. The van der Waals surface area contributed by atoms with Crippen molar-refractivity contribution >= 4 is 28.8 Å². The van der Waals surface area contributed by atoms with Crippen LogP contribution < -0.4 is 4.90 Å². The van der Waals surface area contributed by atoms with E-state index in [0.29, 0.717) is 11.2 Å². The summed E-state index contributed by atoms with van der Waals surface area (Å²) < 4.78 is 0. The molecule has 0 unspecified atom stereocenters. The van der Waals surface area contributed by atoms with Gasteiger partial charge in [0, 0.05) is 22.4 Å². The minimum Gasteiger partial charge on any atom is -0.348 e. The number of halogens is 1. The second kappa shape index (κ2) is 5.93.